The molecule has 2 aromatic rings. The molecule has 2 rings (SSSR count). The monoisotopic (exact) mass is 276 g/mol. The van der Waals surface area contributed by atoms with Crippen LogP contribution in [-0.4, -0.2) is 0 Å². The van der Waals surface area contributed by atoms with Gasteiger partial charge in [0.15, 0.2) is 0 Å². The van der Waals surface area contributed by atoms with Crippen LogP contribution in [0.5, 0.6) is 0 Å². The Morgan fingerprint density at radius 3 is 1.63 bits per heavy atom. The van der Waals surface area contributed by atoms with Crippen molar-refractivity contribution in [2.45, 2.75) is 26.7 Å². The standard InChI is InChI=1S/C18H21.K/c1-3-15(2)14-18(16-10-6-4-7-11-16)17-12-8-5-9-13-17;/h4-13,15H,3,14H2,1-2H3;/q-1;+1. The fourth-order valence-corrected chi connectivity index (χ4v) is 2.17. The van der Waals surface area contributed by atoms with E-state index in [0.717, 1.165) is 12.3 Å². The minimum Gasteiger partial charge on any atom is -0.120 e. The molecule has 0 aliphatic rings. The van der Waals surface area contributed by atoms with Crippen LogP contribution >= 0.6 is 0 Å². The fourth-order valence-electron chi connectivity index (χ4n) is 2.17. The Bertz CT molecular complexity index is 410. The van der Waals surface area contributed by atoms with E-state index in [1.807, 2.05) is 0 Å². The fraction of sp³-hybridized carbons (Fsp3) is 0.278. The van der Waals surface area contributed by atoms with Crippen LogP contribution in [0.4, 0.5) is 0 Å². The zero-order valence-corrected chi connectivity index (χ0v) is 15.4. The average Bonchev–Trinajstić information content (AvgIpc) is 2.46. The first-order chi connectivity index (χ1) is 8.81. The van der Waals surface area contributed by atoms with Gasteiger partial charge in [0, 0.05) is 0 Å². The molecule has 94 valence electrons. The first-order valence-corrected chi connectivity index (χ1v) is 6.78. The first-order valence-electron chi connectivity index (χ1n) is 6.78. The van der Waals surface area contributed by atoms with Crippen molar-refractivity contribution in [1.82, 2.24) is 0 Å². The summed E-state index contributed by atoms with van der Waals surface area (Å²) in [6.07, 6.45) is 2.37. The molecule has 0 fully saturated rings. The molecule has 0 saturated heterocycles. The zero-order chi connectivity index (χ0) is 12.8. The van der Waals surface area contributed by atoms with E-state index in [1.165, 1.54) is 23.5 Å². The van der Waals surface area contributed by atoms with Crippen LogP contribution < -0.4 is 51.4 Å². The van der Waals surface area contributed by atoms with Crippen molar-refractivity contribution in [2.24, 2.45) is 5.92 Å². The van der Waals surface area contributed by atoms with Gasteiger partial charge in [0.2, 0.25) is 0 Å². The number of hydrogen-bond acceptors (Lipinski definition) is 0. The normalized spacial score (nSPS) is 11.5. The van der Waals surface area contributed by atoms with Crippen molar-refractivity contribution < 1.29 is 51.4 Å². The molecule has 0 aliphatic carbocycles. The molecular formula is C18H21K. The third kappa shape index (κ3) is 5.09. The minimum absolute atomic E-state index is 0. The van der Waals surface area contributed by atoms with Gasteiger partial charge >= 0.3 is 51.4 Å². The maximum absolute atomic E-state index is 2.33. The summed E-state index contributed by atoms with van der Waals surface area (Å²) >= 11 is 0. The molecule has 0 radical (unpaired) electrons. The van der Waals surface area contributed by atoms with Crippen LogP contribution in [0.25, 0.3) is 0 Å². The molecule has 0 bridgehead atoms. The second-order valence-electron chi connectivity index (χ2n) is 4.93. The summed E-state index contributed by atoms with van der Waals surface area (Å²) in [6, 6.07) is 21.5. The van der Waals surface area contributed by atoms with Gasteiger partial charge in [0.1, 0.15) is 0 Å². The van der Waals surface area contributed by atoms with Crippen molar-refractivity contribution in [2.75, 3.05) is 0 Å². The van der Waals surface area contributed by atoms with Crippen molar-refractivity contribution in [3.05, 3.63) is 77.7 Å². The molecule has 0 saturated carbocycles. The van der Waals surface area contributed by atoms with Crippen LogP contribution in [0.3, 0.4) is 0 Å². The SMILES string of the molecule is CCC(C)C[C-](c1ccccc1)c1ccccc1.[K+]. The molecule has 0 aromatic heterocycles. The van der Waals surface area contributed by atoms with E-state index in [9.17, 15) is 0 Å². The van der Waals surface area contributed by atoms with Gasteiger partial charge in [0.25, 0.3) is 0 Å². The van der Waals surface area contributed by atoms with Gasteiger partial charge in [-0.2, -0.15) is 0 Å². The van der Waals surface area contributed by atoms with Gasteiger partial charge < -0.3 is 0 Å². The van der Waals surface area contributed by atoms with Crippen LogP contribution in [0.15, 0.2) is 60.7 Å². The van der Waals surface area contributed by atoms with Crippen LogP contribution in [0.1, 0.15) is 37.8 Å². The topological polar surface area (TPSA) is 0 Å². The molecule has 2 aromatic carbocycles. The maximum atomic E-state index is 2.33. The predicted octanol–water partition coefficient (Wildman–Crippen LogP) is 2.10. The van der Waals surface area contributed by atoms with E-state index in [2.05, 4.69) is 74.5 Å². The van der Waals surface area contributed by atoms with Gasteiger partial charge in [-0.05, 0) is 5.92 Å². The van der Waals surface area contributed by atoms with E-state index in [4.69, 9.17) is 0 Å². The van der Waals surface area contributed by atoms with Gasteiger partial charge in [-0.25, -0.2) is 0 Å². The Morgan fingerprint density at radius 2 is 1.26 bits per heavy atom. The number of hydrogen-bond donors (Lipinski definition) is 0. The summed E-state index contributed by atoms with van der Waals surface area (Å²) in [5.74, 6) is 2.19. The molecule has 1 unspecified atom stereocenters. The molecular weight excluding hydrogens is 255 g/mol. The molecule has 1 heteroatoms. The van der Waals surface area contributed by atoms with E-state index in [-0.39, 0.29) is 51.4 Å². The molecule has 0 aliphatic heterocycles. The van der Waals surface area contributed by atoms with Crippen LogP contribution in [0.2, 0.25) is 0 Å². The van der Waals surface area contributed by atoms with E-state index in [1.54, 1.807) is 0 Å². The summed E-state index contributed by atoms with van der Waals surface area (Å²) in [6.45, 7) is 4.59. The summed E-state index contributed by atoms with van der Waals surface area (Å²) < 4.78 is 0. The minimum atomic E-state index is 0. The van der Waals surface area contributed by atoms with Crippen molar-refractivity contribution in [1.29, 1.82) is 0 Å². The van der Waals surface area contributed by atoms with Crippen molar-refractivity contribution in [3.63, 3.8) is 0 Å². The molecule has 0 heterocycles. The molecule has 0 amide bonds. The number of rotatable bonds is 5. The summed E-state index contributed by atoms with van der Waals surface area (Å²) in [4.78, 5) is 0. The Hall–Kier alpha value is -0.0536. The van der Waals surface area contributed by atoms with E-state index < -0.39 is 0 Å². The number of benzene rings is 2. The van der Waals surface area contributed by atoms with Crippen LogP contribution in [-0.2, 0) is 0 Å². The van der Waals surface area contributed by atoms with Crippen molar-refractivity contribution in [3.8, 4) is 0 Å². The van der Waals surface area contributed by atoms with E-state index in [0.29, 0.717) is 0 Å². The molecule has 0 nitrogen and oxygen atoms in total. The smallest absolute Gasteiger partial charge is 0.120 e. The first kappa shape index (κ1) is 17.0. The summed E-state index contributed by atoms with van der Waals surface area (Å²) in [5, 5.41) is 0. The van der Waals surface area contributed by atoms with Crippen LogP contribution in [0, 0.1) is 11.8 Å². The molecule has 19 heavy (non-hydrogen) atoms. The third-order valence-electron chi connectivity index (χ3n) is 3.49. The Kier molecular flexibility index (Phi) is 8.04. The predicted molar refractivity (Wildman–Crippen MR) is 78.4 cm³/mol. The van der Waals surface area contributed by atoms with E-state index >= 15 is 0 Å². The van der Waals surface area contributed by atoms with Gasteiger partial charge in [-0.15, -0.1) is 41.3 Å². The largest absolute Gasteiger partial charge is 1.00 e. The Labute approximate surface area is 160 Å². The maximum Gasteiger partial charge on any atom is 1.00 e. The molecule has 0 spiro atoms. The zero-order valence-electron chi connectivity index (χ0n) is 12.3. The molecule has 1 atom stereocenters. The second kappa shape index (κ2) is 8.99. The van der Waals surface area contributed by atoms with Crippen molar-refractivity contribution >= 4 is 0 Å². The van der Waals surface area contributed by atoms with Gasteiger partial charge in [-0.3, -0.25) is 0 Å². The molecule has 0 N–H and O–H groups in total. The van der Waals surface area contributed by atoms with Gasteiger partial charge in [0.05, 0.1) is 0 Å². The summed E-state index contributed by atoms with van der Waals surface area (Å²) in [5.41, 5.74) is 2.70. The third-order valence-corrected chi connectivity index (χ3v) is 3.49. The Morgan fingerprint density at radius 1 is 0.842 bits per heavy atom. The quantitative estimate of drug-likeness (QED) is 0.579. The summed E-state index contributed by atoms with van der Waals surface area (Å²) in [7, 11) is 0. The van der Waals surface area contributed by atoms with Gasteiger partial charge in [-0.1, -0.05) is 63.1 Å². The second-order valence-corrected chi connectivity index (χ2v) is 4.93. The average molecular weight is 276 g/mol. The Balaban J connectivity index is 0.00000180.